The highest BCUT2D eigenvalue weighted by Crippen LogP contribution is 2.22. The van der Waals surface area contributed by atoms with Crippen LogP contribution in [-0.4, -0.2) is 51.2 Å². The van der Waals surface area contributed by atoms with Crippen molar-refractivity contribution in [1.29, 1.82) is 0 Å². The van der Waals surface area contributed by atoms with E-state index in [1.807, 2.05) is 24.9 Å². The second-order valence-electron chi connectivity index (χ2n) is 6.89. The fourth-order valence-corrected chi connectivity index (χ4v) is 3.62. The van der Waals surface area contributed by atoms with Crippen LogP contribution in [0.15, 0.2) is 12.3 Å². The van der Waals surface area contributed by atoms with Gasteiger partial charge in [0, 0.05) is 50.7 Å². The molecule has 1 atom stereocenters. The lowest BCUT2D eigenvalue weighted by Crippen LogP contribution is -2.46. The van der Waals surface area contributed by atoms with Gasteiger partial charge < -0.3 is 11.1 Å². The highest BCUT2D eigenvalue weighted by atomic mass is 16.1. The summed E-state index contributed by atoms with van der Waals surface area (Å²) < 4.78 is 1.82. The van der Waals surface area contributed by atoms with Gasteiger partial charge in [-0.1, -0.05) is 6.42 Å². The largest absolute Gasteiger partial charge is 0.354 e. The molecule has 2 aromatic rings. The van der Waals surface area contributed by atoms with Gasteiger partial charge in [-0.05, 0) is 37.9 Å². The van der Waals surface area contributed by atoms with Crippen LogP contribution in [-0.2, 0) is 18.4 Å². The summed E-state index contributed by atoms with van der Waals surface area (Å²) in [5.41, 5.74) is 8.57. The predicted molar refractivity (Wildman–Crippen MR) is 98.0 cm³/mol. The lowest BCUT2D eigenvalue weighted by Gasteiger charge is -2.35. The molecule has 0 saturated carbocycles. The zero-order chi connectivity index (χ0) is 17.8. The number of rotatable bonds is 6. The van der Waals surface area contributed by atoms with Crippen LogP contribution in [0.25, 0.3) is 11.0 Å². The summed E-state index contributed by atoms with van der Waals surface area (Å²) in [6.07, 6.45) is 5.88. The number of piperidine rings is 1. The summed E-state index contributed by atoms with van der Waals surface area (Å²) >= 11 is 0. The van der Waals surface area contributed by atoms with Gasteiger partial charge in [-0.3, -0.25) is 14.4 Å². The molecule has 3 N–H and O–H groups in total. The Morgan fingerprint density at radius 2 is 2.28 bits per heavy atom. The summed E-state index contributed by atoms with van der Waals surface area (Å²) in [5, 5.41) is 8.58. The lowest BCUT2D eigenvalue weighted by molar-refractivity contribution is -0.121. The lowest BCUT2D eigenvalue weighted by atomic mass is 10.0. The number of likely N-dealkylation sites (tertiary alicyclic amines) is 1. The number of hydrogen-bond acceptors (Lipinski definition) is 5. The van der Waals surface area contributed by atoms with E-state index < -0.39 is 0 Å². The van der Waals surface area contributed by atoms with Crippen molar-refractivity contribution in [2.75, 3.05) is 19.6 Å². The Balaban J connectivity index is 1.68. The summed E-state index contributed by atoms with van der Waals surface area (Å²) in [4.78, 5) is 18.7. The van der Waals surface area contributed by atoms with E-state index in [0.717, 1.165) is 36.2 Å². The molecule has 3 heterocycles. The minimum Gasteiger partial charge on any atom is -0.354 e. The van der Waals surface area contributed by atoms with E-state index in [1.165, 1.54) is 18.4 Å². The van der Waals surface area contributed by atoms with Gasteiger partial charge in [0.05, 0.1) is 5.69 Å². The van der Waals surface area contributed by atoms with Gasteiger partial charge in [0.25, 0.3) is 0 Å². The molecule has 3 rings (SSSR count). The molecule has 1 amide bonds. The molecule has 1 aliphatic rings. The molecule has 7 nitrogen and oxygen atoms in total. The van der Waals surface area contributed by atoms with Crippen LogP contribution in [0.3, 0.4) is 0 Å². The average molecular weight is 344 g/mol. The topological polar surface area (TPSA) is 89.1 Å². The van der Waals surface area contributed by atoms with E-state index in [4.69, 9.17) is 5.73 Å². The highest BCUT2D eigenvalue weighted by Gasteiger charge is 2.23. The summed E-state index contributed by atoms with van der Waals surface area (Å²) in [6.45, 7) is 5.03. The second-order valence-corrected chi connectivity index (χ2v) is 6.89. The van der Waals surface area contributed by atoms with Crippen LogP contribution in [0.5, 0.6) is 0 Å². The number of amides is 1. The Hall–Kier alpha value is -1.99. The maximum absolute atomic E-state index is 11.7. The predicted octanol–water partition coefficient (Wildman–Crippen LogP) is 1.10. The Bertz CT molecular complexity index is 740. The Morgan fingerprint density at radius 3 is 3.08 bits per heavy atom. The number of hydrogen-bond donors (Lipinski definition) is 2. The average Bonchev–Trinajstić information content (AvgIpc) is 2.88. The number of fused-ring (bicyclic) bond motifs is 1. The fraction of sp³-hybridized carbons (Fsp3) is 0.611. The molecule has 0 spiro atoms. The van der Waals surface area contributed by atoms with Gasteiger partial charge in [-0.15, -0.1) is 0 Å². The quantitative estimate of drug-likeness (QED) is 0.819. The zero-order valence-corrected chi connectivity index (χ0v) is 15.2. The zero-order valence-electron chi connectivity index (χ0n) is 15.2. The van der Waals surface area contributed by atoms with Gasteiger partial charge >= 0.3 is 0 Å². The molecule has 1 saturated heterocycles. The summed E-state index contributed by atoms with van der Waals surface area (Å²) in [5.74, 6) is 0.0436. The molecule has 0 aromatic carbocycles. The first-order chi connectivity index (χ1) is 12.1. The van der Waals surface area contributed by atoms with Crippen LogP contribution in [0.1, 0.15) is 36.9 Å². The van der Waals surface area contributed by atoms with Crippen LogP contribution in [0.4, 0.5) is 0 Å². The molecule has 7 heteroatoms. The molecule has 1 fully saturated rings. The Kier molecular flexibility index (Phi) is 5.65. The molecule has 0 bridgehead atoms. The van der Waals surface area contributed by atoms with Crippen LogP contribution >= 0.6 is 0 Å². The van der Waals surface area contributed by atoms with E-state index in [2.05, 4.69) is 26.4 Å². The van der Waals surface area contributed by atoms with Gasteiger partial charge in [0.1, 0.15) is 0 Å². The van der Waals surface area contributed by atoms with Crippen molar-refractivity contribution in [3.05, 3.63) is 23.5 Å². The van der Waals surface area contributed by atoms with Crippen molar-refractivity contribution in [3.63, 3.8) is 0 Å². The first kappa shape index (κ1) is 17.8. The third kappa shape index (κ3) is 4.16. The molecule has 2 aromatic heterocycles. The first-order valence-electron chi connectivity index (χ1n) is 9.07. The van der Waals surface area contributed by atoms with Crippen molar-refractivity contribution in [1.82, 2.24) is 25.0 Å². The Labute approximate surface area is 148 Å². The van der Waals surface area contributed by atoms with Crippen LogP contribution < -0.4 is 11.1 Å². The number of carbonyl (C=O) groups is 1. The number of aryl methyl sites for hydroxylation is 2. The van der Waals surface area contributed by atoms with Crippen molar-refractivity contribution < 1.29 is 4.79 Å². The molecule has 25 heavy (non-hydrogen) atoms. The van der Waals surface area contributed by atoms with E-state index in [9.17, 15) is 4.79 Å². The standard InChI is InChI=1S/C18H28N6O/c1-13-16-9-14(10-21-18(16)23(2)22-13)12-24-8-4-3-5-15(24)11-20-17(25)6-7-19/h9-10,15H,3-8,11-12,19H2,1-2H3,(H,20,25). The van der Waals surface area contributed by atoms with Crippen LogP contribution in [0.2, 0.25) is 0 Å². The molecular weight excluding hydrogens is 316 g/mol. The van der Waals surface area contributed by atoms with Gasteiger partial charge in [-0.25, -0.2) is 4.98 Å². The minimum absolute atomic E-state index is 0.0436. The van der Waals surface area contributed by atoms with E-state index >= 15 is 0 Å². The SMILES string of the molecule is Cc1nn(C)c2ncc(CN3CCCCC3CNC(=O)CCN)cc12. The summed E-state index contributed by atoms with van der Waals surface area (Å²) in [7, 11) is 1.92. The summed E-state index contributed by atoms with van der Waals surface area (Å²) in [6, 6.07) is 2.57. The van der Waals surface area contributed by atoms with Crippen molar-refractivity contribution in [3.8, 4) is 0 Å². The number of nitrogens with two attached hydrogens (primary N) is 1. The monoisotopic (exact) mass is 344 g/mol. The van der Waals surface area contributed by atoms with Crippen molar-refractivity contribution >= 4 is 16.9 Å². The van der Waals surface area contributed by atoms with Gasteiger partial charge in [0.15, 0.2) is 5.65 Å². The molecular formula is C18H28N6O. The highest BCUT2D eigenvalue weighted by molar-refractivity contribution is 5.78. The number of nitrogens with one attached hydrogen (secondary N) is 1. The molecule has 0 radical (unpaired) electrons. The molecule has 1 aliphatic heterocycles. The maximum Gasteiger partial charge on any atom is 0.221 e. The molecule has 1 unspecified atom stereocenters. The number of nitrogens with zero attached hydrogens (tertiary/aromatic N) is 4. The number of pyridine rings is 1. The maximum atomic E-state index is 11.7. The third-order valence-corrected chi connectivity index (χ3v) is 4.96. The first-order valence-corrected chi connectivity index (χ1v) is 9.07. The molecule has 136 valence electrons. The van der Waals surface area contributed by atoms with Crippen molar-refractivity contribution in [2.24, 2.45) is 12.8 Å². The van der Waals surface area contributed by atoms with Gasteiger partial charge in [-0.2, -0.15) is 5.10 Å². The second kappa shape index (κ2) is 7.93. The van der Waals surface area contributed by atoms with E-state index in [0.29, 0.717) is 25.6 Å². The van der Waals surface area contributed by atoms with Crippen molar-refractivity contribution in [2.45, 2.75) is 45.2 Å². The minimum atomic E-state index is 0.0436. The Morgan fingerprint density at radius 1 is 1.44 bits per heavy atom. The van der Waals surface area contributed by atoms with Crippen LogP contribution in [0, 0.1) is 6.92 Å². The smallest absolute Gasteiger partial charge is 0.221 e. The normalized spacial score (nSPS) is 18.6. The van der Waals surface area contributed by atoms with E-state index in [1.54, 1.807) is 0 Å². The number of aromatic nitrogens is 3. The molecule has 0 aliphatic carbocycles. The van der Waals surface area contributed by atoms with E-state index in [-0.39, 0.29) is 5.91 Å². The van der Waals surface area contributed by atoms with Gasteiger partial charge in [0.2, 0.25) is 5.91 Å². The number of carbonyl (C=O) groups excluding carboxylic acids is 1. The third-order valence-electron chi connectivity index (χ3n) is 4.96. The fourth-order valence-electron chi connectivity index (χ4n) is 3.62.